The molecule has 1 heterocycles. The lowest BCUT2D eigenvalue weighted by molar-refractivity contribution is -0.384. The molecule has 1 aromatic heterocycles. The lowest BCUT2D eigenvalue weighted by Gasteiger charge is -2.08. The Hall–Kier alpha value is -2.90. The van der Waals surface area contributed by atoms with Gasteiger partial charge in [-0.25, -0.2) is 4.79 Å². The molecule has 0 aliphatic rings. The average Bonchev–Trinajstić information content (AvgIpc) is 2.88. The first-order valence-electron chi connectivity index (χ1n) is 5.23. The van der Waals surface area contributed by atoms with Gasteiger partial charge in [0, 0.05) is 12.1 Å². The first-order valence-corrected chi connectivity index (χ1v) is 5.23. The maximum Gasteiger partial charge on any atom is 0.338 e. The van der Waals surface area contributed by atoms with E-state index in [1.807, 2.05) is 0 Å². The summed E-state index contributed by atoms with van der Waals surface area (Å²) in [4.78, 5) is 21.3. The van der Waals surface area contributed by atoms with Gasteiger partial charge >= 0.3 is 5.97 Å². The van der Waals surface area contributed by atoms with Gasteiger partial charge in [-0.15, -0.1) is 0 Å². The highest BCUT2D eigenvalue weighted by atomic mass is 16.6. The van der Waals surface area contributed by atoms with E-state index in [0.29, 0.717) is 5.76 Å². The number of anilines is 1. The van der Waals surface area contributed by atoms with Crippen LogP contribution in [0.4, 0.5) is 11.4 Å². The number of para-hydroxylation sites is 1. The summed E-state index contributed by atoms with van der Waals surface area (Å²) >= 11 is 0. The molecule has 0 saturated carbocycles. The number of carboxylic acid groups (broad SMARTS) is 1. The number of nitro groups is 1. The van der Waals surface area contributed by atoms with E-state index >= 15 is 0 Å². The lowest BCUT2D eigenvalue weighted by Crippen LogP contribution is -2.08. The second-order valence-corrected chi connectivity index (χ2v) is 3.59. The summed E-state index contributed by atoms with van der Waals surface area (Å²) in [7, 11) is 0. The number of benzene rings is 1. The number of hydrogen-bond acceptors (Lipinski definition) is 6. The van der Waals surface area contributed by atoms with Gasteiger partial charge in [-0.05, 0) is 6.07 Å². The van der Waals surface area contributed by atoms with Gasteiger partial charge in [-0.1, -0.05) is 11.2 Å². The zero-order valence-corrected chi connectivity index (χ0v) is 9.57. The lowest BCUT2D eigenvalue weighted by atomic mass is 10.1. The third-order valence-corrected chi connectivity index (χ3v) is 2.40. The van der Waals surface area contributed by atoms with Gasteiger partial charge in [0.2, 0.25) is 0 Å². The molecule has 1 aromatic carbocycles. The Bertz CT molecular complexity index is 577. The van der Waals surface area contributed by atoms with Crippen molar-refractivity contribution in [3.05, 3.63) is 51.9 Å². The summed E-state index contributed by atoms with van der Waals surface area (Å²) in [6.45, 7) is 0.102. The molecule has 0 bridgehead atoms. The van der Waals surface area contributed by atoms with Crippen LogP contribution in [0.5, 0.6) is 0 Å². The molecule has 19 heavy (non-hydrogen) atoms. The van der Waals surface area contributed by atoms with E-state index in [2.05, 4.69) is 10.5 Å². The van der Waals surface area contributed by atoms with Crippen LogP contribution in [-0.2, 0) is 6.54 Å². The fourth-order valence-electron chi connectivity index (χ4n) is 1.57. The molecule has 0 fully saturated rings. The highest BCUT2D eigenvalue weighted by molar-refractivity contribution is 5.96. The van der Waals surface area contributed by atoms with Crippen molar-refractivity contribution in [2.24, 2.45) is 0 Å². The maximum atomic E-state index is 11.1. The monoisotopic (exact) mass is 263 g/mol. The van der Waals surface area contributed by atoms with Crippen molar-refractivity contribution in [2.45, 2.75) is 6.54 Å². The standard InChI is InChI=1S/C11H9N3O5/c15-11(16)8-2-1-3-9(14(17)18)10(8)12-6-7-4-5-13-19-7/h1-5,12H,6H2,(H,15,16). The second kappa shape index (κ2) is 5.17. The average molecular weight is 263 g/mol. The van der Waals surface area contributed by atoms with Crippen molar-refractivity contribution < 1.29 is 19.3 Å². The van der Waals surface area contributed by atoms with Crippen LogP contribution in [0.1, 0.15) is 16.1 Å². The number of nitro benzene ring substituents is 1. The Kier molecular flexibility index (Phi) is 3.42. The molecule has 0 saturated heterocycles. The van der Waals surface area contributed by atoms with Crippen molar-refractivity contribution in [1.29, 1.82) is 0 Å². The zero-order chi connectivity index (χ0) is 13.8. The van der Waals surface area contributed by atoms with Gasteiger partial charge in [-0.2, -0.15) is 0 Å². The van der Waals surface area contributed by atoms with E-state index in [1.165, 1.54) is 24.4 Å². The van der Waals surface area contributed by atoms with E-state index in [4.69, 9.17) is 9.63 Å². The number of aromatic nitrogens is 1. The quantitative estimate of drug-likeness (QED) is 0.624. The fourth-order valence-corrected chi connectivity index (χ4v) is 1.57. The van der Waals surface area contributed by atoms with Crippen LogP contribution in [-0.4, -0.2) is 21.2 Å². The number of carbonyl (C=O) groups is 1. The predicted molar refractivity (Wildman–Crippen MR) is 63.9 cm³/mol. The fraction of sp³-hybridized carbons (Fsp3) is 0.0909. The van der Waals surface area contributed by atoms with Crippen molar-refractivity contribution in [3.8, 4) is 0 Å². The van der Waals surface area contributed by atoms with Crippen molar-refractivity contribution in [1.82, 2.24) is 5.16 Å². The Balaban J connectivity index is 2.35. The van der Waals surface area contributed by atoms with Gasteiger partial charge in [0.15, 0.2) is 5.76 Å². The van der Waals surface area contributed by atoms with Crippen LogP contribution in [0.3, 0.4) is 0 Å². The van der Waals surface area contributed by atoms with Crippen LogP contribution >= 0.6 is 0 Å². The molecule has 0 aliphatic carbocycles. The predicted octanol–water partition coefficient (Wildman–Crippen LogP) is 1.89. The molecule has 0 radical (unpaired) electrons. The van der Waals surface area contributed by atoms with Crippen LogP contribution in [0.2, 0.25) is 0 Å². The molecule has 0 unspecified atom stereocenters. The highest BCUT2D eigenvalue weighted by Crippen LogP contribution is 2.28. The molecule has 0 spiro atoms. The maximum absolute atomic E-state index is 11.1. The Morgan fingerprint density at radius 3 is 2.84 bits per heavy atom. The molecule has 2 aromatic rings. The number of rotatable bonds is 5. The van der Waals surface area contributed by atoms with Gasteiger partial charge in [0.1, 0.15) is 5.69 Å². The minimum atomic E-state index is -1.25. The van der Waals surface area contributed by atoms with E-state index in [1.54, 1.807) is 6.07 Å². The zero-order valence-electron chi connectivity index (χ0n) is 9.57. The van der Waals surface area contributed by atoms with Crippen LogP contribution in [0.25, 0.3) is 0 Å². The van der Waals surface area contributed by atoms with E-state index in [-0.39, 0.29) is 23.5 Å². The molecular weight excluding hydrogens is 254 g/mol. The first kappa shape index (κ1) is 12.6. The topological polar surface area (TPSA) is 118 Å². The molecular formula is C11H9N3O5. The third-order valence-electron chi connectivity index (χ3n) is 2.40. The van der Waals surface area contributed by atoms with Gasteiger partial charge in [-0.3, -0.25) is 10.1 Å². The second-order valence-electron chi connectivity index (χ2n) is 3.59. The third kappa shape index (κ3) is 2.68. The van der Waals surface area contributed by atoms with Crippen LogP contribution < -0.4 is 5.32 Å². The van der Waals surface area contributed by atoms with Crippen molar-refractivity contribution >= 4 is 17.3 Å². The molecule has 0 atom stereocenters. The van der Waals surface area contributed by atoms with Gasteiger partial charge < -0.3 is 14.9 Å². The molecule has 0 amide bonds. The highest BCUT2D eigenvalue weighted by Gasteiger charge is 2.21. The number of nitrogens with zero attached hydrogens (tertiary/aromatic N) is 2. The molecule has 8 heteroatoms. The number of hydrogen-bond donors (Lipinski definition) is 2. The Morgan fingerprint density at radius 1 is 1.47 bits per heavy atom. The number of aromatic carboxylic acids is 1. The minimum absolute atomic E-state index is 0.0589. The summed E-state index contributed by atoms with van der Waals surface area (Å²) < 4.78 is 4.83. The van der Waals surface area contributed by atoms with Gasteiger partial charge in [0.05, 0.1) is 23.2 Å². The molecule has 2 rings (SSSR count). The minimum Gasteiger partial charge on any atom is -0.478 e. The first-order chi connectivity index (χ1) is 9.09. The normalized spacial score (nSPS) is 10.1. The summed E-state index contributed by atoms with van der Waals surface area (Å²) in [6, 6.07) is 5.41. The smallest absolute Gasteiger partial charge is 0.338 e. The number of carboxylic acids is 1. The largest absolute Gasteiger partial charge is 0.478 e. The Labute approximate surface area is 106 Å². The summed E-state index contributed by atoms with van der Waals surface area (Å²) in [5, 5.41) is 26.1. The Morgan fingerprint density at radius 2 is 2.26 bits per heavy atom. The molecule has 2 N–H and O–H groups in total. The number of nitrogens with one attached hydrogen (secondary N) is 1. The van der Waals surface area contributed by atoms with Crippen LogP contribution in [0.15, 0.2) is 35.0 Å². The van der Waals surface area contributed by atoms with E-state index in [0.717, 1.165) is 0 Å². The van der Waals surface area contributed by atoms with Crippen LogP contribution in [0, 0.1) is 10.1 Å². The molecule has 8 nitrogen and oxygen atoms in total. The molecule has 0 aliphatic heterocycles. The summed E-state index contributed by atoms with van der Waals surface area (Å²) in [5.41, 5.74) is -0.537. The van der Waals surface area contributed by atoms with E-state index in [9.17, 15) is 14.9 Å². The van der Waals surface area contributed by atoms with Gasteiger partial charge in [0.25, 0.3) is 5.69 Å². The summed E-state index contributed by atoms with van der Waals surface area (Å²) in [6.07, 6.45) is 1.43. The van der Waals surface area contributed by atoms with Crippen molar-refractivity contribution in [3.63, 3.8) is 0 Å². The van der Waals surface area contributed by atoms with E-state index < -0.39 is 10.9 Å². The summed E-state index contributed by atoms with van der Waals surface area (Å²) in [5.74, 6) is -0.807. The SMILES string of the molecule is O=C(O)c1cccc([N+](=O)[O-])c1NCc1ccno1. The molecule has 98 valence electrons. The van der Waals surface area contributed by atoms with Crippen molar-refractivity contribution in [2.75, 3.05) is 5.32 Å².